The number of carbonyl (C=O) groups is 2. The fourth-order valence-electron chi connectivity index (χ4n) is 3.87. The molecule has 0 radical (unpaired) electrons. The van der Waals surface area contributed by atoms with E-state index in [-0.39, 0.29) is 11.4 Å². The minimum absolute atomic E-state index is 0.245. The average molecular weight is 669 g/mol. The predicted octanol–water partition coefficient (Wildman–Crippen LogP) is 6.98. The standard InChI is InChI=1S/C32H28BrCl2N3O4/c1-21(42-30-16-15-26(34)18-27(30)35)31(39)37-28(17-22-7-3-2-4-8-22)32(40)38-36-19-24-9-5-6-10-29(24)41-20-23-11-13-25(33)14-12-23/h2-16,18-19,21,28H,17,20H2,1H3,(H,37,39)(H,38,40)/b36-19-/t21-,28-/m0/s1. The van der Waals surface area contributed by atoms with Gasteiger partial charge in [-0.15, -0.1) is 0 Å². The molecule has 0 saturated carbocycles. The lowest BCUT2D eigenvalue weighted by Gasteiger charge is -2.21. The van der Waals surface area contributed by atoms with Gasteiger partial charge in [-0.2, -0.15) is 5.10 Å². The highest BCUT2D eigenvalue weighted by atomic mass is 79.9. The Morgan fingerprint density at radius 3 is 2.33 bits per heavy atom. The fourth-order valence-corrected chi connectivity index (χ4v) is 4.58. The van der Waals surface area contributed by atoms with Gasteiger partial charge in [-0.05, 0) is 60.5 Å². The highest BCUT2D eigenvalue weighted by molar-refractivity contribution is 9.10. The zero-order valence-corrected chi connectivity index (χ0v) is 25.7. The summed E-state index contributed by atoms with van der Waals surface area (Å²) in [4.78, 5) is 26.3. The Morgan fingerprint density at radius 2 is 1.60 bits per heavy atom. The summed E-state index contributed by atoms with van der Waals surface area (Å²) >= 11 is 15.6. The van der Waals surface area contributed by atoms with Gasteiger partial charge in [0.1, 0.15) is 24.1 Å². The van der Waals surface area contributed by atoms with Gasteiger partial charge in [0.25, 0.3) is 11.8 Å². The van der Waals surface area contributed by atoms with E-state index in [1.54, 1.807) is 19.1 Å². The van der Waals surface area contributed by atoms with E-state index in [1.807, 2.05) is 78.9 Å². The van der Waals surface area contributed by atoms with Gasteiger partial charge in [-0.3, -0.25) is 9.59 Å². The van der Waals surface area contributed by atoms with E-state index in [1.165, 1.54) is 12.3 Å². The van der Waals surface area contributed by atoms with Gasteiger partial charge in [-0.1, -0.05) is 93.7 Å². The van der Waals surface area contributed by atoms with Crippen LogP contribution in [0.4, 0.5) is 0 Å². The van der Waals surface area contributed by atoms with Crippen molar-refractivity contribution in [3.05, 3.63) is 128 Å². The maximum Gasteiger partial charge on any atom is 0.262 e. The van der Waals surface area contributed by atoms with Crippen LogP contribution in [-0.2, 0) is 22.6 Å². The number of hydrazone groups is 1. The zero-order valence-electron chi connectivity index (χ0n) is 22.6. The number of ether oxygens (including phenoxy) is 2. The molecule has 2 amide bonds. The van der Waals surface area contributed by atoms with Crippen LogP contribution in [0.1, 0.15) is 23.6 Å². The Labute approximate surface area is 263 Å². The first-order valence-corrected chi connectivity index (χ1v) is 14.6. The van der Waals surface area contributed by atoms with E-state index in [9.17, 15) is 9.59 Å². The number of carbonyl (C=O) groups excluding carboxylic acids is 2. The van der Waals surface area contributed by atoms with Crippen molar-refractivity contribution in [3.63, 3.8) is 0 Å². The monoisotopic (exact) mass is 667 g/mol. The molecule has 42 heavy (non-hydrogen) atoms. The molecule has 0 heterocycles. The summed E-state index contributed by atoms with van der Waals surface area (Å²) in [7, 11) is 0. The number of hydrogen-bond donors (Lipinski definition) is 2. The van der Waals surface area contributed by atoms with Gasteiger partial charge in [0, 0.05) is 21.5 Å². The third-order valence-electron chi connectivity index (χ3n) is 6.09. The van der Waals surface area contributed by atoms with E-state index < -0.39 is 24.0 Å². The van der Waals surface area contributed by atoms with Crippen LogP contribution in [-0.4, -0.2) is 30.2 Å². The van der Waals surface area contributed by atoms with Crippen molar-refractivity contribution in [2.75, 3.05) is 0 Å². The normalized spacial score (nSPS) is 12.4. The van der Waals surface area contributed by atoms with E-state index >= 15 is 0 Å². The number of halogens is 3. The maximum atomic E-state index is 13.2. The van der Waals surface area contributed by atoms with E-state index in [2.05, 4.69) is 31.8 Å². The smallest absolute Gasteiger partial charge is 0.262 e. The summed E-state index contributed by atoms with van der Waals surface area (Å²) in [5, 5.41) is 7.64. The zero-order chi connectivity index (χ0) is 29.9. The second-order valence-corrected chi connectivity index (χ2v) is 11.0. The predicted molar refractivity (Wildman–Crippen MR) is 169 cm³/mol. The molecule has 2 atom stereocenters. The van der Waals surface area contributed by atoms with Crippen molar-refractivity contribution >= 4 is 57.2 Å². The van der Waals surface area contributed by atoms with Gasteiger partial charge in [0.05, 0.1) is 11.2 Å². The molecule has 0 aromatic heterocycles. The van der Waals surface area contributed by atoms with E-state index in [0.29, 0.717) is 28.7 Å². The van der Waals surface area contributed by atoms with Crippen LogP contribution < -0.4 is 20.2 Å². The molecule has 10 heteroatoms. The first-order valence-electron chi connectivity index (χ1n) is 13.0. The summed E-state index contributed by atoms with van der Waals surface area (Å²) in [6.07, 6.45) is 0.813. The topological polar surface area (TPSA) is 89.0 Å². The van der Waals surface area contributed by atoms with Gasteiger partial charge in [-0.25, -0.2) is 5.43 Å². The van der Waals surface area contributed by atoms with Crippen LogP contribution in [0.2, 0.25) is 10.0 Å². The largest absolute Gasteiger partial charge is 0.488 e. The Balaban J connectivity index is 1.41. The average Bonchev–Trinajstić information content (AvgIpc) is 2.99. The van der Waals surface area contributed by atoms with Gasteiger partial charge in [0.15, 0.2) is 6.10 Å². The van der Waals surface area contributed by atoms with Crippen LogP contribution in [0.15, 0.2) is 107 Å². The summed E-state index contributed by atoms with van der Waals surface area (Å²) in [6, 6.07) is 28.4. The van der Waals surface area contributed by atoms with Gasteiger partial charge in [0.2, 0.25) is 0 Å². The number of benzene rings is 4. The van der Waals surface area contributed by atoms with Crippen LogP contribution in [0.25, 0.3) is 0 Å². The number of nitrogens with one attached hydrogen (secondary N) is 2. The lowest BCUT2D eigenvalue weighted by Crippen LogP contribution is -2.50. The van der Waals surface area contributed by atoms with Crippen molar-refractivity contribution in [1.82, 2.24) is 10.7 Å². The second kappa shape index (κ2) is 15.4. The summed E-state index contributed by atoms with van der Waals surface area (Å²) in [5.74, 6) is -0.0704. The van der Waals surface area contributed by atoms with E-state index in [4.69, 9.17) is 32.7 Å². The SMILES string of the molecule is C[C@H](Oc1ccc(Cl)cc1Cl)C(=O)N[C@@H](Cc1ccccc1)C(=O)N/N=C\c1ccccc1OCc1ccc(Br)cc1. The molecular weight excluding hydrogens is 641 g/mol. The highest BCUT2D eigenvalue weighted by Gasteiger charge is 2.25. The molecular formula is C32H28BrCl2N3O4. The molecule has 0 spiro atoms. The third kappa shape index (κ3) is 9.34. The Hall–Kier alpha value is -3.85. The third-order valence-corrected chi connectivity index (χ3v) is 7.15. The molecule has 7 nitrogen and oxygen atoms in total. The molecule has 2 N–H and O–H groups in total. The van der Waals surface area contributed by atoms with E-state index in [0.717, 1.165) is 15.6 Å². The van der Waals surface area contributed by atoms with Crippen LogP contribution in [0.3, 0.4) is 0 Å². The number of hydrogen-bond acceptors (Lipinski definition) is 5. The molecule has 4 aromatic rings. The minimum Gasteiger partial charge on any atom is -0.488 e. The maximum absolute atomic E-state index is 13.2. The molecule has 0 aliphatic heterocycles. The first kappa shape index (κ1) is 31.1. The summed E-state index contributed by atoms with van der Waals surface area (Å²) < 4.78 is 12.7. The van der Waals surface area contributed by atoms with Crippen molar-refractivity contribution in [1.29, 1.82) is 0 Å². The van der Waals surface area contributed by atoms with Crippen molar-refractivity contribution in [2.45, 2.75) is 32.1 Å². The molecule has 0 aliphatic carbocycles. The van der Waals surface area contributed by atoms with Gasteiger partial charge >= 0.3 is 0 Å². The first-order chi connectivity index (χ1) is 20.3. The Morgan fingerprint density at radius 1 is 0.881 bits per heavy atom. The fraction of sp³-hybridized carbons (Fsp3) is 0.156. The van der Waals surface area contributed by atoms with Crippen LogP contribution in [0.5, 0.6) is 11.5 Å². The lowest BCUT2D eigenvalue weighted by molar-refractivity contribution is -0.132. The van der Waals surface area contributed by atoms with Crippen molar-refractivity contribution in [2.24, 2.45) is 5.10 Å². The molecule has 4 rings (SSSR count). The van der Waals surface area contributed by atoms with Crippen molar-refractivity contribution in [3.8, 4) is 11.5 Å². The molecule has 4 aromatic carbocycles. The minimum atomic E-state index is -0.937. The van der Waals surface area contributed by atoms with Gasteiger partial charge < -0.3 is 14.8 Å². The van der Waals surface area contributed by atoms with Crippen LogP contribution in [0, 0.1) is 0 Å². The highest BCUT2D eigenvalue weighted by Crippen LogP contribution is 2.28. The molecule has 0 aliphatic rings. The molecule has 0 bridgehead atoms. The lowest BCUT2D eigenvalue weighted by atomic mass is 10.1. The molecule has 0 saturated heterocycles. The van der Waals surface area contributed by atoms with Crippen molar-refractivity contribution < 1.29 is 19.1 Å². The molecule has 216 valence electrons. The number of para-hydroxylation sites is 1. The second-order valence-electron chi connectivity index (χ2n) is 9.27. The number of rotatable bonds is 12. The molecule has 0 unspecified atom stereocenters. The number of nitrogens with zero attached hydrogens (tertiary/aromatic N) is 1. The molecule has 0 fully saturated rings. The summed E-state index contributed by atoms with van der Waals surface area (Å²) in [5.41, 5.74) is 5.10. The number of amides is 2. The Kier molecular flexibility index (Phi) is 11.4. The Bertz CT molecular complexity index is 1530. The summed E-state index contributed by atoms with van der Waals surface area (Å²) in [6.45, 7) is 1.94. The van der Waals surface area contributed by atoms with Crippen LogP contribution >= 0.6 is 39.1 Å². The quantitative estimate of drug-likeness (QED) is 0.126.